The van der Waals surface area contributed by atoms with E-state index in [0.29, 0.717) is 50.2 Å². The molecule has 3 aromatic rings. The number of nitrogens with zero attached hydrogens (tertiary/aromatic N) is 9. The van der Waals surface area contributed by atoms with Crippen molar-refractivity contribution < 1.29 is 14.6 Å². The fourth-order valence-corrected chi connectivity index (χ4v) is 7.37. The zero-order valence-corrected chi connectivity index (χ0v) is 26.3. The number of carbonyl (C=O) groups is 1. The van der Waals surface area contributed by atoms with E-state index in [1.165, 1.54) is 4.90 Å². The summed E-state index contributed by atoms with van der Waals surface area (Å²) >= 11 is 6.69. The van der Waals surface area contributed by atoms with Gasteiger partial charge in [-0.05, 0) is 32.4 Å². The minimum absolute atomic E-state index is 0.0309. The zero-order chi connectivity index (χ0) is 31.1. The zero-order valence-electron chi connectivity index (χ0n) is 25.5. The Kier molecular flexibility index (Phi) is 8.02. The Labute approximate surface area is 267 Å². The van der Waals surface area contributed by atoms with Gasteiger partial charge in [-0.15, -0.1) is 0 Å². The van der Waals surface area contributed by atoms with Gasteiger partial charge in [0, 0.05) is 74.9 Å². The lowest BCUT2D eigenvalue weighted by molar-refractivity contribution is 0.0650. The second-order valence-electron chi connectivity index (χ2n) is 12.7. The van der Waals surface area contributed by atoms with Crippen LogP contribution < -0.4 is 14.5 Å². The number of anilines is 2. The van der Waals surface area contributed by atoms with Gasteiger partial charge in [-0.25, -0.2) is 4.79 Å². The third-order valence-electron chi connectivity index (χ3n) is 9.90. The number of pyridine rings is 1. The summed E-state index contributed by atoms with van der Waals surface area (Å²) in [5, 5.41) is 21.9. The van der Waals surface area contributed by atoms with Gasteiger partial charge in [0.05, 0.1) is 53.2 Å². The first-order valence-corrected chi connectivity index (χ1v) is 16.1. The lowest BCUT2D eigenvalue weighted by atomic mass is 10.0. The molecule has 236 valence electrons. The molecule has 1 amide bonds. The van der Waals surface area contributed by atoms with Crippen molar-refractivity contribution in [1.29, 1.82) is 5.26 Å². The predicted molar refractivity (Wildman–Crippen MR) is 171 cm³/mol. The van der Waals surface area contributed by atoms with Gasteiger partial charge in [0.1, 0.15) is 12.4 Å². The normalized spacial score (nSPS) is 21.8. The van der Waals surface area contributed by atoms with Gasteiger partial charge in [-0.2, -0.15) is 15.2 Å². The highest BCUT2D eigenvalue weighted by Crippen LogP contribution is 2.43. The molecule has 3 aliphatic heterocycles. The van der Waals surface area contributed by atoms with Crippen LogP contribution in [0.5, 0.6) is 6.01 Å². The molecule has 45 heavy (non-hydrogen) atoms. The molecule has 12 nitrogen and oxygen atoms in total. The third kappa shape index (κ3) is 5.80. The Morgan fingerprint density at radius 3 is 2.69 bits per heavy atom. The van der Waals surface area contributed by atoms with Gasteiger partial charge in [0.25, 0.3) is 0 Å². The summed E-state index contributed by atoms with van der Waals surface area (Å²) in [5.41, 5.74) is 2.91. The molecule has 1 aromatic carbocycles. The number of benzene rings is 1. The summed E-state index contributed by atoms with van der Waals surface area (Å²) in [6.45, 7) is 7.12. The van der Waals surface area contributed by atoms with Crippen molar-refractivity contribution in [2.45, 2.75) is 43.8 Å². The van der Waals surface area contributed by atoms with Crippen LogP contribution in [0.15, 0.2) is 30.6 Å². The maximum absolute atomic E-state index is 11.9. The number of carboxylic acid groups (broad SMARTS) is 1. The van der Waals surface area contributed by atoms with E-state index in [1.807, 2.05) is 30.6 Å². The van der Waals surface area contributed by atoms with E-state index in [2.05, 4.69) is 37.7 Å². The highest BCUT2D eigenvalue weighted by atomic mass is 35.5. The predicted octanol–water partition coefficient (Wildman–Crippen LogP) is 3.48. The largest absolute Gasteiger partial charge is 0.465 e. The van der Waals surface area contributed by atoms with Crippen LogP contribution in [0.25, 0.3) is 10.8 Å². The number of halogens is 1. The molecule has 1 aliphatic carbocycles. The van der Waals surface area contributed by atoms with E-state index >= 15 is 0 Å². The third-order valence-corrected chi connectivity index (χ3v) is 10.2. The van der Waals surface area contributed by atoms with Crippen molar-refractivity contribution in [3.05, 3.63) is 46.9 Å². The summed E-state index contributed by atoms with van der Waals surface area (Å²) in [5.74, 6) is 0.779. The van der Waals surface area contributed by atoms with Crippen molar-refractivity contribution in [2.75, 3.05) is 75.8 Å². The number of rotatable bonds is 7. The van der Waals surface area contributed by atoms with Crippen LogP contribution in [0.1, 0.15) is 30.5 Å². The topological polar surface area (TPSA) is 125 Å². The molecule has 7 rings (SSSR count). The molecular formula is C32H38ClN9O3. The van der Waals surface area contributed by atoms with Crippen LogP contribution >= 0.6 is 11.6 Å². The van der Waals surface area contributed by atoms with E-state index in [9.17, 15) is 15.2 Å². The van der Waals surface area contributed by atoms with E-state index in [-0.39, 0.29) is 12.0 Å². The van der Waals surface area contributed by atoms with Crippen LogP contribution in [0.3, 0.4) is 0 Å². The molecule has 0 radical (unpaired) electrons. The van der Waals surface area contributed by atoms with E-state index < -0.39 is 12.1 Å². The maximum atomic E-state index is 11.9. The number of likely N-dealkylation sites (N-methyl/N-ethyl adjacent to an activating group) is 1. The van der Waals surface area contributed by atoms with Crippen LogP contribution in [0.2, 0.25) is 5.02 Å². The van der Waals surface area contributed by atoms with Gasteiger partial charge in [-0.1, -0.05) is 23.7 Å². The number of piperazine rings is 2. The van der Waals surface area contributed by atoms with Crippen molar-refractivity contribution in [3.8, 4) is 12.1 Å². The second-order valence-corrected chi connectivity index (χ2v) is 13.1. The first kappa shape index (κ1) is 29.8. The first-order chi connectivity index (χ1) is 21.8. The molecule has 1 unspecified atom stereocenters. The number of ether oxygens (including phenoxy) is 1. The van der Waals surface area contributed by atoms with Crippen molar-refractivity contribution in [1.82, 2.24) is 29.7 Å². The Hall–Kier alpha value is -3.92. The molecule has 1 saturated carbocycles. The molecule has 1 atom stereocenters. The highest BCUT2D eigenvalue weighted by molar-refractivity contribution is 6.36. The quantitative estimate of drug-likeness (QED) is 0.412. The van der Waals surface area contributed by atoms with Crippen LogP contribution in [-0.2, 0) is 13.0 Å². The number of nitriles is 1. The number of amides is 1. The Balaban J connectivity index is 1.20. The number of aromatic nitrogens is 3. The molecule has 13 heteroatoms. The Morgan fingerprint density at radius 1 is 1.11 bits per heavy atom. The van der Waals surface area contributed by atoms with Crippen LogP contribution in [0, 0.1) is 11.3 Å². The average Bonchev–Trinajstić information content (AvgIpc) is 3.84. The van der Waals surface area contributed by atoms with Crippen LogP contribution in [0.4, 0.5) is 16.3 Å². The Morgan fingerprint density at radius 2 is 1.93 bits per heavy atom. The molecule has 0 bridgehead atoms. The standard InChI is InChI=1S/C32H38ClN9O3/c1-38-11-14-41(15-12-38)32(7-8-32)21-45-30-36-26-20-39(27-18-35-17-22-3-2-4-25(33)28(22)27)10-6-24(26)29(37-30)40-13-16-42(31(43)44)23(19-40)5-9-34/h2-4,17-18,23H,5-8,10-16,19-21H2,1H3,(H,43,44). The molecule has 2 saturated heterocycles. The summed E-state index contributed by atoms with van der Waals surface area (Å²) in [4.78, 5) is 37.1. The van der Waals surface area contributed by atoms with Gasteiger partial charge in [0.2, 0.25) is 0 Å². The monoisotopic (exact) mass is 631 g/mol. The fourth-order valence-electron chi connectivity index (χ4n) is 7.09. The molecular weight excluding hydrogens is 594 g/mol. The molecule has 4 aliphatic rings. The Bertz CT molecular complexity index is 1630. The molecule has 2 aromatic heterocycles. The second kappa shape index (κ2) is 12.1. The van der Waals surface area contributed by atoms with Gasteiger partial charge >= 0.3 is 12.1 Å². The molecule has 1 N–H and O–H groups in total. The maximum Gasteiger partial charge on any atom is 0.407 e. The van der Waals surface area contributed by atoms with Gasteiger partial charge < -0.3 is 29.4 Å². The minimum atomic E-state index is -1.000. The van der Waals surface area contributed by atoms with Crippen molar-refractivity contribution in [2.24, 2.45) is 0 Å². The summed E-state index contributed by atoms with van der Waals surface area (Å²) in [6, 6.07) is 7.93. The SMILES string of the molecule is CN1CCN(C2(COc3nc4c(c(N5CCN(C(=O)O)C(CC#N)C5)n3)CCN(c3cncc5cccc(Cl)c35)C4)CC2)CC1. The molecule has 3 fully saturated rings. The molecule has 0 spiro atoms. The summed E-state index contributed by atoms with van der Waals surface area (Å²) in [7, 11) is 2.17. The van der Waals surface area contributed by atoms with Crippen molar-refractivity contribution >= 4 is 40.0 Å². The summed E-state index contributed by atoms with van der Waals surface area (Å²) in [6.07, 6.45) is 5.71. The van der Waals surface area contributed by atoms with Crippen molar-refractivity contribution in [3.63, 3.8) is 0 Å². The smallest absolute Gasteiger partial charge is 0.407 e. The van der Waals surface area contributed by atoms with E-state index in [1.54, 1.807) is 0 Å². The first-order valence-electron chi connectivity index (χ1n) is 15.7. The van der Waals surface area contributed by atoms with E-state index in [0.717, 1.165) is 79.1 Å². The van der Waals surface area contributed by atoms with E-state index in [4.69, 9.17) is 26.3 Å². The lowest BCUT2D eigenvalue weighted by Gasteiger charge is -2.41. The molecule has 5 heterocycles. The van der Waals surface area contributed by atoms with Gasteiger partial charge in [0.15, 0.2) is 0 Å². The lowest BCUT2D eigenvalue weighted by Crippen LogP contribution is -2.55. The average molecular weight is 632 g/mol. The number of fused-ring (bicyclic) bond motifs is 2. The number of hydrogen-bond donors (Lipinski definition) is 1. The van der Waals surface area contributed by atoms with Crippen LogP contribution in [-0.4, -0.2) is 118 Å². The minimum Gasteiger partial charge on any atom is -0.465 e. The highest BCUT2D eigenvalue weighted by Gasteiger charge is 2.49. The fraction of sp³-hybridized carbons (Fsp3) is 0.531. The number of hydrogen-bond acceptors (Lipinski definition) is 10. The summed E-state index contributed by atoms with van der Waals surface area (Å²) < 4.78 is 6.46. The van der Waals surface area contributed by atoms with Gasteiger partial charge in [-0.3, -0.25) is 9.88 Å².